The molecule has 1 aromatic rings. The molecule has 0 aliphatic heterocycles. The third kappa shape index (κ3) is 3.14. The van der Waals surface area contributed by atoms with Crippen LogP contribution in [0.1, 0.15) is 20.3 Å². The minimum absolute atomic E-state index is 0.274. The first-order valence-corrected chi connectivity index (χ1v) is 4.91. The van der Waals surface area contributed by atoms with E-state index in [-0.39, 0.29) is 11.1 Å². The Labute approximate surface area is 93.0 Å². The normalized spacial score (nSPS) is 14.4. The molecule has 0 saturated carbocycles. The maximum Gasteiger partial charge on any atom is 0.245 e. The third-order valence-corrected chi connectivity index (χ3v) is 2.34. The lowest BCUT2D eigenvalue weighted by molar-refractivity contribution is -0.120. The molecule has 0 aliphatic carbocycles. The van der Waals surface area contributed by atoms with Crippen molar-refractivity contribution in [2.24, 2.45) is 5.73 Å². The van der Waals surface area contributed by atoms with Crippen LogP contribution in [0, 0.1) is 0 Å². The minimum Gasteiger partial charge on any atom is -0.318 e. The number of amides is 1. The molecule has 1 atom stereocenters. The summed E-state index contributed by atoms with van der Waals surface area (Å²) in [6.45, 7) is 3.50. The first kappa shape index (κ1) is 11.9. The fourth-order valence-electron chi connectivity index (χ4n) is 0.822. The van der Waals surface area contributed by atoms with Gasteiger partial charge in [0.1, 0.15) is 17.3 Å². The van der Waals surface area contributed by atoms with Gasteiger partial charge in [-0.2, -0.15) is 0 Å². The van der Waals surface area contributed by atoms with Crippen LogP contribution in [-0.2, 0) is 4.79 Å². The minimum atomic E-state index is -0.905. The van der Waals surface area contributed by atoms with Crippen molar-refractivity contribution in [3.05, 3.63) is 17.5 Å². The Kier molecular flexibility index (Phi) is 3.60. The molecule has 0 bridgehead atoms. The smallest absolute Gasteiger partial charge is 0.245 e. The largest absolute Gasteiger partial charge is 0.318 e. The summed E-state index contributed by atoms with van der Waals surface area (Å²) in [6.07, 6.45) is 1.81. The second-order valence-corrected chi connectivity index (χ2v) is 3.84. The number of aromatic nitrogens is 2. The van der Waals surface area contributed by atoms with Crippen LogP contribution in [0.4, 0.5) is 5.82 Å². The van der Waals surface area contributed by atoms with Gasteiger partial charge < -0.3 is 11.1 Å². The highest BCUT2D eigenvalue weighted by Crippen LogP contribution is 2.12. The summed E-state index contributed by atoms with van der Waals surface area (Å²) in [4.78, 5) is 19.2. The SMILES string of the molecule is CCC(C)(N)C(=O)Nc1cc(Cl)ncn1. The van der Waals surface area contributed by atoms with E-state index in [0.29, 0.717) is 12.2 Å². The van der Waals surface area contributed by atoms with Gasteiger partial charge >= 0.3 is 0 Å². The summed E-state index contributed by atoms with van der Waals surface area (Å²) in [5.74, 6) is 0.0601. The fraction of sp³-hybridized carbons (Fsp3) is 0.444. The van der Waals surface area contributed by atoms with Crippen molar-refractivity contribution in [2.45, 2.75) is 25.8 Å². The highest BCUT2D eigenvalue weighted by molar-refractivity contribution is 6.29. The number of hydrogen-bond acceptors (Lipinski definition) is 4. The van der Waals surface area contributed by atoms with Gasteiger partial charge in [0.05, 0.1) is 5.54 Å². The average molecular weight is 229 g/mol. The zero-order valence-electron chi connectivity index (χ0n) is 8.62. The van der Waals surface area contributed by atoms with Crippen molar-refractivity contribution < 1.29 is 4.79 Å². The predicted molar refractivity (Wildman–Crippen MR) is 58.6 cm³/mol. The summed E-state index contributed by atoms with van der Waals surface area (Å²) >= 11 is 5.64. The summed E-state index contributed by atoms with van der Waals surface area (Å²) in [6, 6.07) is 1.46. The molecule has 1 aromatic heterocycles. The van der Waals surface area contributed by atoms with Crippen molar-refractivity contribution in [2.75, 3.05) is 5.32 Å². The van der Waals surface area contributed by atoms with Gasteiger partial charge in [-0.3, -0.25) is 4.79 Å². The molecule has 6 heteroatoms. The Bertz CT molecular complexity index is 367. The van der Waals surface area contributed by atoms with Gasteiger partial charge in [-0.05, 0) is 13.3 Å². The molecule has 0 saturated heterocycles. The Balaban J connectivity index is 2.75. The van der Waals surface area contributed by atoms with Crippen LogP contribution in [0.5, 0.6) is 0 Å². The fourth-order valence-corrected chi connectivity index (χ4v) is 0.969. The standard InChI is InChI=1S/C9H13ClN4O/c1-3-9(2,11)8(15)14-7-4-6(10)12-5-13-7/h4-5H,3,11H2,1-2H3,(H,12,13,14,15). The molecule has 3 N–H and O–H groups in total. The Morgan fingerprint density at radius 3 is 2.87 bits per heavy atom. The summed E-state index contributed by atoms with van der Waals surface area (Å²) in [5.41, 5.74) is 4.85. The molecule has 1 amide bonds. The van der Waals surface area contributed by atoms with Gasteiger partial charge in [-0.15, -0.1) is 0 Å². The van der Waals surface area contributed by atoms with E-state index in [1.807, 2.05) is 6.92 Å². The molecule has 0 fully saturated rings. The van der Waals surface area contributed by atoms with Crippen molar-refractivity contribution in [1.82, 2.24) is 9.97 Å². The van der Waals surface area contributed by atoms with Crippen molar-refractivity contribution in [3.63, 3.8) is 0 Å². The van der Waals surface area contributed by atoms with Crippen LogP contribution >= 0.6 is 11.6 Å². The Hall–Kier alpha value is -1.20. The third-order valence-electron chi connectivity index (χ3n) is 2.13. The number of carbonyl (C=O) groups excluding carboxylic acids is 1. The van der Waals surface area contributed by atoms with Crippen LogP contribution in [0.2, 0.25) is 5.15 Å². The lowest BCUT2D eigenvalue weighted by Gasteiger charge is -2.20. The van der Waals surface area contributed by atoms with Crippen LogP contribution in [0.25, 0.3) is 0 Å². The molecule has 1 unspecified atom stereocenters. The van der Waals surface area contributed by atoms with Gasteiger partial charge in [0.2, 0.25) is 5.91 Å². The first-order valence-electron chi connectivity index (χ1n) is 4.53. The number of hydrogen-bond donors (Lipinski definition) is 2. The van der Waals surface area contributed by atoms with Gasteiger partial charge in [0.25, 0.3) is 0 Å². The maximum atomic E-state index is 11.6. The molecule has 0 spiro atoms. The van der Waals surface area contributed by atoms with Crippen LogP contribution in [-0.4, -0.2) is 21.4 Å². The molecule has 1 heterocycles. The molecule has 0 aromatic carbocycles. The first-order chi connectivity index (χ1) is 6.95. The van der Waals surface area contributed by atoms with E-state index >= 15 is 0 Å². The topological polar surface area (TPSA) is 80.9 Å². The van der Waals surface area contributed by atoms with Crippen molar-refractivity contribution in [1.29, 1.82) is 0 Å². The lowest BCUT2D eigenvalue weighted by Crippen LogP contribution is -2.47. The monoisotopic (exact) mass is 228 g/mol. The number of nitrogens with one attached hydrogen (secondary N) is 1. The molecular formula is C9H13ClN4O. The summed E-state index contributed by atoms with van der Waals surface area (Å²) < 4.78 is 0. The van der Waals surface area contributed by atoms with E-state index < -0.39 is 5.54 Å². The quantitative estimate of drug-likeness (QED) is 0.762. The molecule has 0 aliphatic rings. The lowest BCUT2D eigenvalue weighted by atomic mass is 10.00. The van der Waals surface area contributed by atoms with Gasteiger partial charge in [-0.1, -0.05) is 18.5 Å². The Morgan fingerprint density at radius 1 is 1.67 bits per heavy atom. The van der Waals surface area contributed by atoms with E-state index in [1.54, 1.807) is 6.92 Å². The van der Waals surface area contributed by atoms with Gasteiger partial charge in [-0.25, -0.2) is 9.97 Å². The Morgan fingerprint density at radius 2 is 2.33 bits per heavy atom. The molecule has 1 rings (SSSR count). The highest BCUT2D eigenvalue weighted by atomic mass is 35.5. The zero-order valence-corrected chi connectivity index (χ0v) is 9.38. The van der Waals surface area contributed by atoms with Crippen LogP contribution in [0.15, 0.2) is 12.4 Å². The number of rotatable bonds is 3. The van der Waals surface area contributed by atoms with E-state index in [4.69, 9.17) is 17.3 Å². The highest BCUT2D eigenvalue weighted by Gasteiger charge is 2.26. The van der Waals surface area contributed by atoms with Crippen LogP contribution in [0.3, 0.4) is 0 Å². The van der Waals surface area contributed by atoms with Crippen molar-refractivity contribution >= 4 is 23.3 Å². The predicted octanol–water partition coefficient (Wildman–Crippen LogP) is 1.20. The van der Waals surface area contributed by atoms with E-state index in [0.717, 1.165) is 0 Å². The van der Waals surface area contributed by atoms with E-state index in [9.17, 15) is 4.79 Å². The molecule has 82 valence electrons. The molecular weight excluding hydrogens is 216 g/mol. The van der Waals surface area contributed by atoms with E-state index in [1.165, 1.54) is 12.4 Å². The maximum absolute atomic E-state index is 11.6. The van der Waals surface area contributed by atoms with Gasteiger partial charge in [0, 0.05) is 6.07 Å². The van der Waals surface area contributed by atoms with Crippen molar-refractivity contribution in [3.8, 4) is 0 Å². The van der Waals surface area contributed by atoms with Gasteiger partial charge in [0.15, 0.2) is 0 Å². The molecule has 5 nitrogen and oxygen atoms in total. The number of anilines is 1. The second-order valence-electron chi connectivity index (χ2n) is 3.45. The zero-order chi connectivity index (χ0) is 11.5. The number of halogens is 1. The number of carbonyl (C=O) groups is 1. The van der Waals surface area contributed by atoms with Crippen LogP contribution < -0.4 is 11.1 Å². The average Bonchev–Trinajstić information content (AvgIpc) is 2.17. The second kappa shape index (κ2) is 4.55. The molecule has 15 heavy (non-hydrogen) atoms. The number of nitrogens with two attached hydrogens (primary N) is 1. The van der Waals surface area contributed by atoms with E-state index in [2.05, 4.69) is 15.3 Å². The number of nitrogens with zero attached hydrogens (tertiary/aromatic N) is 2. The molecule has 0 radical (unpaired) electrons. The summed E-state index contributed by atoms with van der Waals surface area (Å²) in [5, 5.41) is 2.85. The summed E-state index contributed by atoms with van der Waals surface area (Å²) in [7, 11) is 0.